The van der Waals surface area contributed by atoms with Crippen LogP contribution in [0.3, 0.4) is 0 Å². The van der Waals surface area contributed by atoms with Crippen LogP contribution in [0.5, 0.6) is 5.75 Å². The Morgan fingerprint density at radius 2 is 1.80 bits per heavy atom. The van der Waals surface area contributed by atoms with Gasteiger partial charge >= 0.3 is 0 Å². The highest BCUT2D eigenvalue weighted by molar-refractivity contribution is 5.85. The summed E-state index contributed by atoms with van der Waals surface area (Å²) >= 11 is 0. The summed E-state index contributed by atoms with van der Waals surface area (Å²) in [6.07, 6.45) is 2.15. The van der Waals surface area contributed by atoms with E-state index in [0.29, 0.717) is 24.5 Å². The van der Waals surface area contributed by atoms with Crippen molar-refractivity contribution in [1.82, 2.24) is 0 Å². The van der Waals surface area contributed by atoms with Crippen LogP contribution < -0.4 is 4.74 Å². The summed E-state index contributed by atoms with van der Waals surface area (Å²) in [5.41, 5.74) is 1.22. The molecule has 2 rings (SSSR count). The molecule has 0 saturated heterocycles. The minimum absolute atomic E-state index is 0.356. The van der Waals surface area contributed by atoms with Crippen LogP contribution in [0.1, 0.15) is 32.3 Å². The molecular weight excluding hydrogens is 248 g/mol. The zero-order valence-electron chi connectivity index (χ0n) is 12.5. The summed E-state index contributed by atoms with van der Waals surface area (Å²) < 4.78 is 5.22. The minimum atomic E-state index is 0.356. The third kappa shape index (κ3) is 3.83. The second-order valence-electron chi connectivity index (χ2n) is 5.68. The summed E-state index contributed by atoms with van der Waals surface area (Å²) in [5, 5.41) is 2.36. The van der Waals surface area contributed by atoms with Crippen molar-refractivity contribution in [3.63, 3.8) is 0 Å². The van der Waals surface area contributed by atoms with E-state index in [1.165, 1.54) is 16.3 Å². The van der Waals surface area contributed by atoms with E-state index < -0.39 is 0 Å². The molecule has 0 aromatic heterocycles. The summed E-state index contributed by atoms with van der Waals surface area (Å²) in [5.74, 6) is 1.68. The van der Waals surface area contributed by atoms with Crippen molar-refractivity contribution in [2.75, 3.05) is 7.11 Å². The topological polar surface area (TPSA) is 26.3 Å². The van der Waals surface area contributed by atoms with Crippen LogP contribution in [0.15, 0.2) is 36.4 Å². The molecule has 106 valence electrons. The number of ether oxygens (including phenoxy) is 1. The van der Waals surface area contributed by atoms with Crippen molar-refractivity contribution in [3.05, 3.63) is 42.0 Å². The van der Waals surface area contributed by atoms with Crippen LogP contribution in [0.25, 0.3) is 10.8 Å². The van der Waals surface area contributed by atoms with Crippen molar-refractivity contribution in [1.29, 1.82) is 0 Å². The molecule has 0 fully saturated rings. The molecule has 0 amide bonds. The fourth-order valence-corrected chi connectivity index (χ4v) is 2.40. The smallest absolute Gasteiger partial charge is 0.133 e. The second kappa shape index (κ2) is 6.56. The number of carbonyl (C=O) groups excluding carboxylic acids is 1. The maximum atomic E-state index is 11.8. The van der Waals surface area contributed by atoms with Gasteiger partial charge in [-0.15, -0.1) is 0 Å². The number of hydrogen-bond donors (Lipinski definition) is 0. The van der Waals surface area contributed by atoms with Crippen molar-refractivity contribution < 1.29 is 9.53 Å². The van der Waals surface area contributed by atoms with Gasteiger partial charge in [-0.3, -0.25) is 4.79 Å². The summed E-state index contributed by atoms with van der Waals surface area (Å²) in [7, 11) is 1.68. The number of benzene rings is 2. The number of aryl methyl sites for hydroxylation is 1. The number of methoxy groups -OCH3 is 1. The Morgan fingerprint density at radius 1 is 1.10 bits per heavy atom. The fourth-order valence-electron chi connectivity index (χ4n) is 2.40. The van der Waals surface area contributed by atoms with E-state index in [9.17, 15) is 4.79 Å². The Balaban J connectivity index is 2.06. The Bertz CT molecular complexity index is 599. The third-order valence-corrected chi connectivity index (χ3v) is 3.44. The highest BCUT2D eigenvalue weighted by Crippen LogP contribution is 2.22. The summed E-state index contributed by atoms with van der Waals surface area (Å²) in [4.78, 5) is 11.8. The molecule has 0 radical (unpaired) electrons. The molecule has 2 aromatic rings. The summed E-state index contributed by atoms with van der Waals surface area (Å²) in [6, 6.07) is 12.4. The monoisotopic (exact) mass is 270 g/mol. The maximum Gasteiger partial charge on any atom is 0.133 e. The van der Waals surface area contributed by atoms with Crippen molar-refractivity contribution >= 4 is 16.6 Å². The van der Waals surface area contributed by atoms with Gasteiger partial charge in [-0.05, 0) is 40.8 Å². The molecule has 0 spiro atoms. The lowest BCUT2D eigenvalue weighted by atomic mass is 9.99. The van der Waals surface area contributed by atoms with Crippen LogP contribution in [-0.2, 0) is 11.2 Å². The zero-order chi connectivity index (χ0) is 14.5. The van der Waals surface area contributed by atoms with Crippen LogP contribution >= 0.6 is 0 Å². The van der Waals surface area contributed by atoms with E-state index in [2.05, 4.69) is 38.1 Å². The largest absolute Gasteiger partial charge is 0.497 e. The second-order valence-corrected chi connectivity index (χ2v) is 5.68. The van der Waals surface area contributed by atoms with Gasteiger partial charge in [0, 0.05) is 12.8 Å². The molecule has 2 aromatic carbocycles. The lowest BCUT2D eigenvalue weighted by Gasteiger charge is -2.06. The van der Waals surface area contributed by atoms with Gasteiger partial charge in [0.2, 0.25) is 0 Å². The fraction of sp³-hybridized carbons (Fsp3) is 0.389. The Labute approximate surface area is 120 Å². The molecule has 0 bridgehead atoms. The molecule has 0 aliphatic carbocycles. The molecule has 2 nitrogen and oxygen atoms in total. The van der Waals surface area contributed by atoms with Crippen LogP contribution in [0.2, 0.25) is 0 Å². The van der Waals surface area contributed by atoms with Gasteiger partial charge in [0.1, 0.15) is 11.5 Å². The molecule has 0 aliphatic heterocycles. The van der Waals surface area contributed by atoms with Crippen molar-refractivity contribution in [3.8, 4) is 5.75 Å². The molecule has 0 N–H and O–H groups in total. The lowest BCUT2D eigenvalue weighted by Crippen LogP contribution is -2.04. The number of Topliss-reactive ketones (excluding diaryl/α,β-unsaturated/α-hetero) is 1. The number of ketones is 1. The first kappa shape index (κ1) is 14.6. The zero-order valence-corrected chi connectivity index (χ0v) is 12.5. The van der Waals surface area contributed by atoms with Crippen molar-refractivity contribution in [2.45, 2.75) is 33.1 Å². The van der Waals surface area contributed by atoms with Gasteiger partial charge in [-0.1, -0.05) is 38.1 Å². The van der Waals surface area contributed by atoms with Gasteiger partial charge in [0.25, 0.3) is 0 Å². The van der Waals surface area contributed by atoms with E-state index in [0.717, 1.165) is 12.2 Å². The standard InChI is InChI=1S/C18H22O2/c1-13(2)10-17(19)8-5-14-4-6-16-12-18(20-3)9-7-15(16)11-14/h4,6-7,9,11-13H,5,8,10H2,1-3H3. The van der Waals surface area contributed by atoms with Gasteiger partial charge in [0.15, 0.2) is 0 Å². The average Bonchev–Trinajstić information content (AvgIpc) is 2.43. The molecule has 20 heavy (non-hydrogen) atoms. The van der Waals surface area contributed by atoms with Crippen LogP contribution in [0.4, 0.5) is 0 Å². The number of fused-ring (bicyclic) bond motifs is 1. The van der Waals surface area contributed by atoms with E-state index >= 15 is 0 Å². The third-order valence-electron chi connectivity index (χ3n) is 3.44. The molecule has 0 atom stereocenters. The Kier molecular flexibility index (Phi) is 4.78. The molecule has 0 saturated carbocycles. The summed E-state index contributed by atoms with van der Waals surface area (Å²) in [6.45, 7) is 4.17. The maximum absolute atomic E-state index is 11.8. The first-order valence-corrected chi connectivity index (χ1v) is 7.17. The molecule has 0 unspecified atom stereocenters. The number of rotatable bonds is 6. The highest BCUT2D eigenvalue weighted by Gasteiger charge is 2.06. The molecular formula is C18H22O2. The lowest BCUT2D eigenvalue weighted by molar-refractivity contribution is -0.119. The minimum Gasteiger partial charge on any atom is -0.497 e. The molecule has 0 heterocycles. The quantitative estimate of drug-likeness (QED) is 0.778. The average molecular weight is 270 g/mol. The Morgan fingerprint density at radius 3 is 2.50 bits per heavy atom. The van der Waals surface area contributed by atoms with Gasteiger partial charge in [-0.25, -0.2) is 0 Å². The van der Waals surface area contributed by atoms with Crippen molar-refractivity contribution in [2.24, 2.45) is 5.92 Å². The number of carbonyl (C=O) groups is 1. The molecule has 2 heteroatoms. The molecule has 0 aliphatic rings. The van der Waals surface area contributed by atoms with E-state index in [1.807, 2.05) is 12.1 Å². The number of hydrogen-bond acceptors (Lipinski definition) is 2. The highest BCUT2D eigenvalue weighted by atomic mass is 16.5. The van der Waals surface area contributed by atoms with Crippen LogP contribution in [-0.4, -0.2) is 12.9 Å². The van der Waals surface area contributed by atoms with E-state index in [-0.39, 0.29) is 0 Å². The Hall–Kier alpha value is -1.83. The first-order valence-electron chi connectivity index (χ1n) is 7.17. The SMILES string of the molecule is COc1ccc2cc(CCC(=O)CC(C)C)ccc2c1. The van der Waals surface area contributed by atoms with Gasteiger partial charge in [-0.2, -0.15) is 0 Å². The first-order chi connectivity index (χ1) is 9.58. The predicted octanol–water partition coefficient (Wildman–Crippen LogP) is 4.40. The van der Waals surface area contributed by atoms with E-state index in [1.54, 1.807) is 7.11 Å². The van der Waals surface area contributed by atoms with E-state index in [4.69, 9.17) is 4.74 Å². The van der Waals surface area contributed by atoms with Gasteiger partial charge < -0.3 is 4.74 Å². The van der Waals surface area contributed by atoms with Crippen LogP contribution in [0, 0.1) is 5.92 Å². The predicted molar refractivity (Wildman–Crippen MR) is 83.3 cm³/mol. The van der Waals surface area contributed by atoms with Gasteiger partial charge in [0.05, 0.1) is 7.11 Å². The normalized spacial score (nSPS) is 11.0.